The van der Waals surface area contributed by atoms with Gasteiger partial charge in [-0.2, -0.15) is 16.8 Å². The van der Waals surface area contributed by atoms with Gasteiger partial charge in [0.25, 0.3) is 10.1 Å². The van der Waals surface area contributed by atoms with Crippen molar-refractivity contribution in [1.82, 2.24) is 4.90 Å². The fourth-order valence-electron chi connectivity index (χ4n) is 0.501. The van der Waals surface area contributed by atoms with Crippen LogP contribution in [0.15, 0.2) is 12.0 Å². The number of hydrogen-bond donors (Lipinski definition) is 0. The molecule has 0 aliphatic carbocycles. The highest BCUT2D eigenvalue weighted by atomic mass is 32.3. The average Bonchev–Trinajstić information content (AvgIpc) is 1.99. The Labute approximate surface area is 84.4 Å². The van der Waals surface area contributed by atoms with E-state index in [9.17, 15) is 16.8 Å². The normalized spacial score (nSPS) is 13.1. The van der Waals surface area contributed by atoms with Crippen molar-refractivity contribution in [2.75, 3.05) is 26.4 Å². The third kappa shape index (κ3) is 6.08. The van der Waals surface area contributed by atoms with E-state index in [1.807, 2.05) is 0 Å². The van der Waals surface area contributed by atoms with Crippen LogP contribution in [0.1, 0.15) is 0 Å². The fourth-order valence-corrected chi connectivity index (χ4v) is 2.74. The van der Waals surface area contributed by atoms with Crippen LogP contribution in [-0.4, -0.2) is 48.1 Å². The molecule has 0 aliphatic heterocycles. The third-order valence-corrected chi connectivity index (χ3v) is 3.87. The molecule has 0 atom stereocenters. The highest BCUT2D eigenvalue weighted by molar-refractivity contribution is 8.01. The molecular formula is C6H13NO5S2. The molecule has 0 saturated heterocycles. The first-order chi connectivity index (χ1) is 6.18. The predicted molar refractivity (Wildman–Crippen MR) is 52.5 cm³/mol. The van der Waals surface area contributed by atoms with E-state index in [1.54, 1.807) is 19.0 Å². The maximum atomic E-state index is 11.0. The zero-order valence-corrected chi connectivity index (χ0v) is 9.64. The summed E-state index contributed by atoms with van der Waals surface area (Å²) in [5, 5.41) is 0.445. The van der Waals surface area contributed by atoms with Crippen LogP contribution in [-0.2, 0) is 23.9 Å². The van der Waals surface area contributed by atoms with Gasteiger partial charge < -0.3 is 4.90 Å². The molecule has 0 aromatic rings. The number of rotatable bonds is 6. The van der Waals surface area contributed by atoms with Gasteiger partial charge in [-0.15, -0.1) is 3.63 Å². The first-order valence-electron chi connectivity index (χ1n) is 3.64. The van der Waals surface area contributed by atoms with Crippen molar-refractivity contribution in [2.45, 2.75) is 0 Å². The molecule has 0 heterocycles. The van der Waals surface area contributed by atoms with Crippen molar-refractivity contribution < 1.29 is 20.5 Å². The van der Waals surface area contributed by atoms with Crippen molar-refractivity contribution in [2.24, 2.45) is 0 Å². The van der Waals surface area contributed by atoms with Gasteiger partial charge in [0.15, 0.2) is 0 Å². The predicted octanol–water partition coefficient (Wildman–Crippen LogP) is -0.632. The average molecular weight is 243 g/mol. The molecule has 0 N–H and O–H groups in total. The molecular weight excluding hydrogens is 230 g/mol. The summed E-state index contributed by atoms with van der Waals surface area (Å²) in [4.78, 5) is 1.60. The van der Waals surface area contributed by atoms with Crippen LogP contribution in [0.3, 0.4) is 0 Å². The molecule has 0 unspecified atom stereocenters. The summed E-state index contributed by atoms with van der Waals surface area (Å²) in [6, 6.07) is 0. The topological polar surface area (TPSA) is 80.8 Å². The Morgan fingerprint density at radius 2 is 1.79 bits per heavy atom. The van der Waals surface area contributed by atoms with Gasteiger partial charge in [-0.25, -0.2) is 0 Å². The molecule has 0 rings (SSSR count). The van der Waals surface area contributed by atoms with Crippen LogP contribution in [0.4, 0.5) is 0 Å². The standard InChI is InChI=1S/C6H13NO5S2/c1-4-13(8,9)12-14(10,11)6-5-7(2)3/h4H,1,5-6H2,2-3H3. The zero-order valence-electron chi connectivity index (χ0n) is 8.00. The van der Waals surface area contributed by atoms with Crippen molar-refractivity contribution >= 4 is 20.2 Å². The van der Waals surface area contributed by atoms with Crippen LogP contribution in [0.5, 0.6) is 0 Å². The maximum absolute atomic E-state index is 11.0. The van der Waals surface area contributed by atoms with Crippen molar-refractivity contribution in [3.63, 3.8) is 0 Å². The minimum Gasteiger partial charge on any atom is -0.308 e. The molecule has 0 aromatic heterocycles. The van der Waals surface area contributed by atoms with E-state index in [-0.39, 0.29) is 12.3 Å². The molecule has 0 bridgehead atoms. The van der Waals surface area contributed by atoms with Crippen molar-refractivity contribution in [3.8, 4) is 0 Å². The largest absolute Gasteiger partial charge is 0.308 e. The molecule has 84 valence electrons. The van der Waals surface area contributed by atoms with E-state index in [2.05, 4.69) is 10.2 Å². The van der Waals surface area contributed by atoms with Crippen LogP contribution >= 0.6 is 0 Å². The van der Waals surface area contributed by atoms with Crippen molar-refractivity contribution in [3.05, 3.63) is 12.0 Å². The van der Waals surface area contributed by atoms with Gasteiger partial charge in [0, 0.05) is 6.54 Å². The Morgan fingerprint density at radius 1 is 1.29 bits per heavy atom. The van der Waals surface area contributed by atoms with E-state index in [4.69, 9.17) is 0 Å². The quantitative estimate of drug-likeness (QED) is 0.617. The molecule has 8 heteroatoms. The molecule has 0 radical (unpaired) electrons. The SMILES string of the molecule is C=CS(=O)(=O)OS(=O)(=O)CCN(C)C. The Bertz CT molecular complexity index is 380. The summed E-state index contributed by atoms with van der Waals surface area (Å²) in [6.45, 7) is 3.11. The first kappa shape index (κ1) is 13.6. The molecule has 0 amide bonds. The van der Waals surface area contributed by atoms with Crippen LogP contribution in [0.2, 0.25) is 0 Å². The minimum atomic E-state index is -4.17. The summed E-state index contributed by atoms with van der Waals surface area (Å²) in [7, 11) is -4.89. The van der Waals surface area contributed by atoms with Crippen LogP contribution in [0, 0.1) is 0 Å². The molecule has 14 heavy (non-hydrogen) atoms. The lowest BCUT2D eigenvalue weighted by Crippen LogP contribution is -2.24. The summed E-state index contributed by atoms with van der Waals surface area (Å²) in [5.74, 6) is -0.382. The molecule has 0 fully saturated rings. The Morgan fingerprint density at radius 3 is 2.14 bits per heavy atom. The van der Waals surface area contributed by atoms with Gasteiger partial charge in [-0.05, 0) is 14.1 Å². The van der Waals surface area contributed by atoms with Gasteiger partial charge in [-0.3, -0.25) is 0 Å². The maximum Gasteiger partial charge on any atom is 0.303 e. The Balaban J connectivity index is 4.45. The zero-order chi connectivity index (χ0) is 11.4. The molecule has 0 spiro atoms. The molecule has 0 aliphatic rings. The van der Waals surface area contributed by atoms with Crippen LogP contribution < -0.4 is 0 Å². The highest BCUT2D eigenvalue weighted by Crippen LogP contribution is 2.02. The third-order valence-electron chi connectivity index (χ3n) is 1.19. The van der Waals surface area contributed by atoms with Gasteiger partial charge in [0.05, 0.1) is 11.2 Å². The lowest BCUT2D eigenvalue weighted by atomic mass is 10.7. The minimum absolute atomic E-state index is 0.189. The second-order valence-corrected chi connectivity index (χ2v) is 6.18. The number of hydrogen-bond acceptors (Lipinski definition) is 6. The van der Waals surface area contributed by atoms with Crippen molar-refractivity contribution in [1.29, 1.82) is 0 Å². The van der Waals surface area contributed by atoms with Gasteiger partial charge in [0.1, 0.15) is 0 Å². The summed E-state index contributed by atoms with van der Waals surface area (Å²) in [6.07, 6.45) is 0. The lowest BCUT2D eigenvalue weighted by molar-refractivity contribution is 0.418. The van der Waals surface area contributed by atoms with Gasteiger partial charge in [0.2, 0.25) is 0 Å². The smallest absolute Gasteiger partial charge is 0.303 e. The van der Waals surface area contributed by atoms with E-state index < -0.39 is 20.2 Å². The molecule has 0 saturated carbocycles. The second kappa shape index (κ2) is 4.87. The van der Waals surface area contributed by atoms with E-state index in [0.29, 0.717) is 5.41 Å². The highest BCUT2D eigenvalue weighted by Gasteiger charge is 2.19. The monoisotopic (exact) mass is 243 g/mol. The summed E-state index contributed by atoms with van der Waals surface area (Å²) < 4.78 is 47.4. The van der Waals surface area contributed by atoms with E-state index >= 15 is 0 Å². The Kier molecular flexibility index (Phi) is 4.72. The summed E-state index contributed by atoms with van der Waals surface area (Å²) >= 11 is 0. The van der Waals surface area contributed by atoms with Gasteiger partial charge in [-0.1, -0.05) is 6.58 Å². The Hall–Kier alpha value is -0.440. The lowest BCUT2D eigenvalue weighted by Gasteiger charge is -2.08. The van der Waals surface area contributed by atoms with Gasteiger partial charge >= 0.3 is 10.1 Å². The molecule has 0 aromatic carbocycles. The second-order valence-electron chi connectivity index (χ2n) is 2.79. The summed E-state index contributed by atoms with van der Waals surface area (Å²) in [5.41, 5.74) is 0. The van der Waals surface area contributed by atoms with Crippen LogP contribution in [0.25, 0.3) is 0 Å². The fraction of sp³-hybridized carbons (Fsp3) is 0.667. The van der Waals surface area contributed by atoms with E-state index in [1.165, 1.54) is 0 Å². The molecule has 6 nitrogen and oxygen atoms in total. The first-order valence-corrected chi connectivity index (χ1v) is 6.69. The number of nitrogens with zero attached hydrogens (tertiary/aromatic N) is 1. The van der Waals surface area contributed by atoms with E-state index in [0.717, 1.165) is 0 Å².